The van der Waals surface area contributed by atoms with Gasteiger partial charge >= 0.3 is 0 Å². The molecule has 8 nitrogen and oxygen atoms in total. The van der Waals surface area contributed by atoms with Crippen molar-refractivity contribution in [3.05, 3.63) is 36.3 Å². The lowest BCUT2D eigenvalue weighted by atomic mass is 10.2. The van der Waals surface area contributed by atoms with Crippen LogP contribution in [0.3, 0.4) is 0 Å². The van der Waals surface area contributed by atoms with Crippen molar-refractivity contribution in [1.82, 2.24) is 35.1 Å². The van der Waals surface area contributed by atoms with Gasteiger partial charge in [-0.2, -0.15) is 4.98 Å². The first-order valence-electron chi connectivity index (χ1n) is 7.60. The number of hydrogen-bond donors (Lipinski definition) is 0. The Kier molecular flexibility index (Phi) is 3.30. The fraction of sp³-hybridized carbons (Fsp3) is 0.250. The third kappa shape index (κ3) is 2.41. The molecule has 0 aliphatic rings. The Morgan fingerprint density at radius 2 is 2.00 bits per heavy atom. The Morgan fingerprint density at radius 1 is 1.12 bits per heavy atom. The van der Waals surface area contributed by atoms with Crippen LogP contribution < -0.4 is 0 Å². The van der Waals surface area contributed by atoms with Crippen LogP contribution in [-0.2, 0) is 0 Å². The second-order valence-corrected chi connectivity index (χ2v) is 5.80. The van der Waals surface area contributed by atoms with Gasteiger partial charge in [0.05, 0.1) is 17.4 Å². The van der Waals surface area contributed by atoms with Gasteiger partial charge in [0, 0.05) is 17.8 Å². The highest BCUT2D eigenvalue weighted by atomic mass is 16.5. The first-order chi connectivity index (χ1) is 11.6. The molecule has 3 aromatic heterocycles. The van der Waals surface area contributed by atoms with Gasteiger partial charge in [0.25, 0.3) is 5.89 Å². The average Bonchev–Trinajstić information content (AvgIpc) is 3.22. The Labute approximate surface area is 137 Å². The number of aromatic nitrogens is 7. The largest absolute Gasteiger partial charge is 0.332 e. The average molecular weight is 321 g/mol. The summed E-state index contributed by atoms with van der Waals surface area (Å²) in [5, 5.41) is 12.4. The Bertz CT molecular complexity index is 1000. The SMILES string of the molecule is Cc1cnc(-c2nc(-c3ccc4c(c3)nnn4C(C)C)no2)cn1. The molecule has 1 aromatic carbocycles. The first-order valence-corrected chi connectivity index (χ1v) is 7.60. The molecule has 24 heavy (non-hydrogen) atoms. The monoisotopic (exact) mass is 321 g/mol. The zero-order valence-corrected chi connectivity index (χ0v) is 13.5. The zero-order chi connectivity index (χ0) is 16.7. The van der Waals surface area contributed by atoms with Crippen molar-refractivity contribution in [2.45, 2.75) is 26.8 Å². The summed E-state index contributed by atoms with van der Waals surface area (Å²) in [5.41, 5.74) is 3.96. The van der Waals surface area contributed by atoms with E-state index in [2.05, 4.69) is 44.3 Å². The molecule has 0 N–H and O–H groups in total. The minimum absolute atomic E-state index is 0.248. The lowest BCUT2D eigenvalue weighted by Crippen LogP contribution is -2.02. The smallest absolute Gasteiger partial charge is 0.278 e. The highest BCUT2D eigenvalue weighted by Crippen LogP contribution is 2.24. The third-order valence-corrected chi connectivity index (χ3v) is 3.64. The molecule has 0 spiro atoms. The number of rotatable bonds is 3. The quantitative estimate of drug-likeness (QED) is 0.572. The molecule has 120 valence electrons. The fourth-order valence-corrected chi connectivity index (χ4v) is 2.41. The third-order valence-electron chi connectivity index (χ3n) is 3.64. The molecule has 0 amide bonds. The minimum atomic E-state index is 0.248. The Balaban J connectivity index is 1.71. The van der Waals surface area contributed by atoms with E-state index < -0.39 is 0 Å². The van der Waals surface area contributed by atoms with Crippen molar-refractivity contribution >= 4 is 11.0 Å². The van der Waals surface area contributed by atoms with Crippen LogP contribution >= 0.6 is 0 Å². The van der Waals surface area contributed by atoms with Gasteiger partial charge in [0.2, 0.25) is 5.82 Å². The second-order valence-electron chi connectivity index (χ2n) is 5.80. The summed E-state index contributed by atoms with van der Waals surface area (Å²) >= 11 is 0. The van der Waals surface area contributed by atoms with Crippen LogP contribution in [0.4, 0.5) is 0 Å². The van der Waals surface area contributed by atoms with Crippen molar-refractivity contribution in [2.24, 2.45) is 0 Å². The molecule has 8 heteroatoms. The van der Waals surface area contributed by atoms with Gasteiger partial charge < -0.3 is 4.52 Å². The minimum Gasteiger partial charge on any atom is -0.332 e. The van der Waals surface area contributed by atoms with Crippen LogP contribution in [0.25, 0.3) is 34.0 Å². The van der Waals surface area contributed by atoms with Crippen LogP contribution in [0, 0.1) is 6.92 Å². The lowest BCUT2D eigenvalue weighted by molar-refractivity contribution is 0.431. The van der Waals surface area contributed by atoms with E-state index in [1.165, 1.54) is 0 Å². The second kappa shape index (κ2) is 5.48. The molecule has 4 rings (SSSR count). The van der Waals surface area contributed by atoms with Crippen molar-refractivity contribution < 1.29 is 4.52 Å². The highest BCUT2D eigenvalue weighted by Gasteiger charge is 2.14. The van der Waals surface area contributed by atoms with E-state index in [4.69, 9.17) is 4.52 Å². The lowest BCUT2D eigenvalue weighted by Gasteiger charge is -2.04. The predicted octanol–water partition coefficient (Wildman–Crippen LogP) is 2.83. The van der Waals surface area contributed by atoms with Crippen LogP contribution in [-0.4, -0.2) is 35.1 Å². The van der Waals surface area contributed by atoms with E-state index in [0.29, 0.717) is 17.4 Å². The molecule has 0 bridgehead atoms. The summed E-state index contributed by atoms with van der Waals surface area (Å²) in [5.74, 6) is 0.816. The molecule has 0 unspecified atom stereocenters. The van der Waals surface area contributed by atoms with Gasteiger partial charge in [-0.25, -0.2) is 9.67 Å². The molecule has 0 fully saturated rings. The van der Waals surface area contributed by atoms with E-state index in [1.54, 1.807) is 12.4 Å². The van der Waals surface area contributed by atoms with E-state index in [0.717, 1.165) is 22.3 Å². The summed E-state index contributed by atoms with van der Waals surface area (Å²) in [7, 11) is 0. The molecule has 0 radical (unpaired) electrons. The van der Waals surface area contributed by atoms with Crippen LogP contribution in [0.15, 0.2) is 35.1 Å². The molecular weight excluding hydrogens is 306 g/mol. The molecule has 4 aromatic rings. The predicted molar refractivity (Wildman–Crippen MR) is 87.0 cm³/mol. The molecule has 0 saturated heterocycles. The van der Waals surface area contributed by atoms with Gasteiger partial charge in [-0.3, -0.25) is 4.98 Å². The standard InChI is InChI=1S/C16H15N7O/c1-9(2)23-14-5-4-11(6-12(14)20-22-23)15-19-16(24-21-15)13-8-17-10(3)7-18-13/h4-9H,1-3H3. The first kappa shape index (κ1) is 14.4. The normalized spacial score (nSPS) is 11.5. The highest BCUT2D eigenvalue weighted by molar-refractivity contribution is 5.80. The molecule has 0 atom stereocenters. The van der Waals surface area contributed by atoms with Crippen molar-refractivity contribution in [1.29, 1.82) is 0 Å². The number of hydrogen-bond acceptors (Lipinski definition) is 7. The Morgan fingerprint density at radius 3 is 2.75 bits per heavy atom. The molecule has 0 aliphatic carbocycles. The van der Waals surface area contributed by atoms with Gasteiger partial charge in [-0.15, -0.1) is 5.10 Å². The van der Waals surface area contributed by atoms with Gasteiger partial charge in [-0.05, 0) is 39.0 Å². The van der Waals surface area contributed by atoms with Gasteiger partial charge in [-0.1, -0.05) is 10.4 Å². The van der Waals surface area contributed by atoms with E-state index >= 15 is 0 Å². The maximum atomic E-state index is 5.30. The van der Waals surface area contributed by atoms with Gasteiger partial charge in [0.15, 0.2) is 0 Å². The summed E-state index contributed by atoms with van der Waals surface area (Å²) in [6.07, 6.45) is 3.28. The van der Waals surface area contributed by atoms with Crippen LogP contribution in [0.1, 0.15) is 25.6 Å². The van der Waals surface area contributed by atoms with E-state index in [1.807, 2.05) is 29.8 Å². The fourth-order valence-electron chi connectivity index (χ4n) is 2.41. The number of fused-ring (bicyclic) bond motifs is 1. The molecule has 0 saturated carbocycles. The summed E-state index contributed by atoms with van der Waals surface area (Å²) in [6.45, 7) is 6.00. The van der Waals surface area contributed by atoms with Crippen molar-refractivity contribution in [2.75, 3.05) is 0 Å². The summed E-state index contributed by atoms with van der Waals surface area (Å²) < 4.78 is 7.17. The van der Waals surface area contributed by atoms with Gasteiger partial charge in [0.1, 0.15) is 11.2 Å². The van der Waals surface area contributed by atoms with Crippen LogP contribution in [0.5, 0.6) is 0 Å². The topological polar surface area (TPSA) is 95.4 Å². The number of nitrogens with zero attached hydrogens (tertiary/aromatic N) is 7. The van der Waals surface area contributed by atoms with E-state index in [-0.39, 0.29) is 6.04 Å². The molecule has 3 heterocycles. The number of aryl methyl sites for hydroxylation is 1. The number of benzene rings is 1. The molecule has 0 aliphatic heterocycles. The Hall–Kier alpha value is -3.16. The summed E-state index contributed by atoms with van der Waals surface area (Å²) in [4.78, 5) is 12.8. The van der Waals surface area contributed by atoms with Crippen LogP contribution in [0.2, 0.25) is 0 Å². The van der Waals surface area contributed by atoms with Crippen molar-refractivity contribution in [3.8, 4) is 23.0 Å². The maximum absolute atomic E-state index is 5.30. The zero-order valence-electron chi connectivity index (χ0n) is 13.5. The maximum Gasteiger partial charge on any atom is 0.278 e. The summed E-state index contributed by atoms with van der Waals surface area (Å²) in [6, 6.07) is 6.04. The van der Waals surface area contributed by atoms with E-state index in [9.17, 15) is 0 Å². The van der Waals surface area contributed by atoms with Crippen molar-refractivity contribution in [3.63, 3.8) is 0 Å². The molecular formula is C16H15N7O.